The third kappa shape index (κ3) is 1.90. The zero-order valence-corrected chi connectivity index (χ0v) is 8.85. The smallest absolute Gasteiger partial charge is 0.149 e. The minimum Gasteiger partial charge on any atom is -0.382 e. The molecule has 0 saturated carbocycles. The second kappa shape index (κ2) is 3.75. The highest BCUT2D eigenvalue weighted by Crippen LogP contribution is 2.13. The molecule has 2 heterocycles. The molecule has 5 nitrogen and oxygen atoms in total. The number of rotatable bonds is 2. The van der Waals surface area contributed by atoms with E-state index in [9.17, 15) is 0 Å². The second-order valence-corrected chi connectivity index (χ2v) is 3.53. The van der Waals surface area contributed by atoms with Crippen LogP contribution in [-0.2, 0) is 6.54 Å². The number of anilines is 1. The monoisotopic (exact) mass is 253 g/mol. The summed E-state index contributed by atoms with van der Waals surface area (Å²) < 4.78 is 2.52. The molecule has 72 valence electrons. The summed E-state index contributed by atoms with van der Waals surface area (Å²) in [5.41, 5.74) is 5.53. The number of nitrogens with two attached hydrogens (primary N) is 1. The Labute approximate surface area is 89.1 Å². The van der Waals surface area contributed by atoms with Crippen LogP contribution in [0.4, 0.5) is 5.82 Å². The molecule has 0 spiro atoms. The SMILES string of the molecule is Nc1cc(Br)n(Cc2ncccn2)n1. The van der Waals surface area contributed by atoms with Gasteiger partial charge in [0.25, 0.3) is 0 Å². The van der Waals surface area contributed by atoms with Crippen molar-refractivity contribution in [1.29, 1.82) is 0 Å². The summed E-state index contributed by atoms with van der Waals surface area (Å²) in [6.45, 7) is 0.513. The maximum atomic E-state index is 5.53. The number of nitrogens with zero attached hydrogens (tertiary/aromatic N) is 4. The largest absolute Gasteiger partial charge is 0.382 e. The standard InChI is InChI=1S/C8H8BrN5/c9-6-4-7(10)13-14(6)5-8-11-2-1-3-12-8/h1-4H,5H2,(H2,10,13). The summed E-state index contributed by atoms with van der Waals surface area (Å²) in [7, 11) is 0. The van der Waals surface area contributed by atoms with Crippen LogP contribution in [0, 0.1) is 0 Å². The van der Waals surface area contributed by atoms with E-state index in [-0.39, 0.29) is 0 Å². The van der Waals surface area contributed by atoms with Crippen molar-refractivity contribution in [3.63, 3.8) is 0 Å². The van der Waals surface area contributed by atoms with Crippen LogP contribution >= 0.6 is 15.9 Å². The first-order valence-corrected chi connectivity index (χ1v) is 4.80. The fourth-order valence-corrected chi connectivity index (χ4v) is 1.51. The average molecular weight is 254 g/mol. The van der Waals surface area contributed by atoms with Gasteiger partial charge >= 0.3 is 0 Å². The molecule has 0 amide bonds. The first kappa shape index (κ1) is 9.14. The third-order valence-corrected chi connectivity index (χ3v) is 2.30. The first-order valence-electron chi connectivity index (χ1n) is 4.00. The van der Waals surface area contributed by atoms with Crippen molar-refractivity contribution in [2.24, 2.45) is 0 Å². The Balaban J connectivity index is 2.23. The number of aromatic nitrogens is 4. The van der Waals surface area contributed by atoms with E-state index in [4.69, 9.17) is 5.73 Å². The van der Waals surface area contributed by atoms with Gasteiger partial charge in [0.2, 0.25) is 0 Å². The Morgan fingerprint density at radius 1 is 1.36 bits per heavy atom. The van der Waals surface area contributed by atoms with Crippen molar-refractivity contribution < 1.29 is 0 Å². The summed E-state index contributed by atoms with van der Waals surface area (Å²) >= 11 is 3.34. The van der Waals surface area contributed by atoms with Crippen molar-refractivity contribution in [3.05, 3.63) is 35.0 Å². The van der Waals surface area contributed by atoms with Gasteiger partial charge in [-0.25, -0.2) is 14.6 Å². The van der Waals surface area contributed by atoms with Crippen LogP contribution in [0.5, 0.6) is 0 Å². The van der Waals surface area contributed by atoms with E-state index in [1.807, 2.05) is 0 Å². The molecule has 0 saturated heterocycles. The van der Waals surface area contributed by atoms with Gasteiger partial charge in [-0.05, 0) is 22.0 Å². The van der Waals surface area contributed by atoms with Gasteiger partial charge in [-0.2, -0.15) is 5.10 Å². The molecule has 2 N–H and O–H groups in total. The average Bonchev–Trinajstić information content (AvgIpc) is 2.47. The molecule has 2 aromatic rings. The van der Waals surface area contributed by atoms with Crippen molar-refractivity contribution in [1.82, 2.24) is 19.7 Å². The molecule has 0 aliphatic heterocycles. The normalized spacial score (nSPS) is 10.4. The van der Waals surface area contributed by atoms with E-state index >= 15 is 0 Å². The van der Waals surface area contributed by atoms with Crippen LogP contribution in [0.3, 0.4) is 0 Å². The minimum atomic E-state index is 0.479. The van der Waals surface area contributed by atoms with Crippen molar-refractivity contribution in [3.8, 4) is 0 Å². The lowest BCUT2D eigenvalue weighted by atomic mass is 10.5. The lowest BCUT2D eigenvalue weighted by molar-refractivity contribution is 0.644. The zero-order chi connectivity index (χ0) is 9.97. The Morgan fingerprint density at radius 3 is 2.64 bits per heavy atom. The first-order chi connectivity index (χ1) is 6.75. The Hall–Kier alpha value is -1.43. The highest BCUT2D eigenvalue weighted by Gasteiger charge is 2.04. The molecule has 0 atom stereocenters. The highest BCUT2D eigenvalue weighted by atomic mass is 79.9. The number of nitrogen functional groups attached to an aromatic ring is 1. The maximum absolute atomic E-state index is 5.53. The second-order valence-electron chi connectivity index (χ2n) is 2.71. The molecule has 0 fully saturated rings. The molecule has 2 rings (SSSR count). The van der Waals surface area contributed by atoms with Crippen molar-refractivity contribution in [2.45, 2.75) is 6.54 Å². The van der Waals surface area contributed by atoms with Gasteiger partial charge in [0.1, 0.15) is 22.8 Å². The van der Waals surface area contributed by atoms with Gasteiger partial charge in [-0.3, -0.25) is 0 Å². The lowest BCUT2D eigenvalue weighted by Crippen LogP contribution is -2.05. The molecule has 0 radical (unpaired) electrons. The molecule has 0 unspecified atom stereocenters. The molecule has 0 bridgehead atoms. The summed E-state index contributed by atoms with van der Waals surface area (Å²) in [6, 6.07) is 3.51. The van der Waals surface area contributed by atoms with Crippen molar-refractivity contribution in [2.75, 3.05) is 5.73 Å². The Kier molecular flexibility index (Phi) is 2.45. The predicted molar refractivity (Wildman–Crippen MR) is 55.5 cm³/mol. The molecule has 14 heavy (non-hydrogen) atoms. The number of hydrogen-bond acceptors (Lipinski definition) is 4. The molecule has 0 aliphatic carbocycles. The van der Waals surface area contributed by atoms with Crippen LogP contribution in [0.2, 0.25) is 0 Å². The van der Waals surface area contributed by atoms with E-state index < -0.39 is 0 Å². The van der Waals surface area contributed by atoms with E-state index in [1.165, 1.54) is 0 Å². The molecule has 6 heteroatoms. The van der Waals surface area contributed by atoms with E-state index in [2.05, 4.69) is 31.0 Å². The number of halogens is 1. The third-order valence-electron chi connectivity index (χ3n) is 1.66. The minimum absolute atomic E-state index is 0.479. The van der Waals surface area contributed by atoms with Crippen molar-refractivity contribution >= 4 is 21.7 Å². The number of hydrogen-bond donors (Lipinski definition) is 1. The molecule has 0 aliphatic rings. The summed E-state index contributed by atoms with van der Waals surface area (Å²) in [6.07, 6.45) is 3.40. The molecular weight excluding hydrogens is 246 g/mol. The predicted octanol–water partition coefficient (Wildman–Crippen LogP) is 1.07. The molecular formula is C8H8BrN5. The fourth-order valence-electron chi connectivity index (χ4n) is 1.07. The Morgan fingerprint density at radius 2 is 2.07 bits per heavy atom. The molecule has 2 aromatic heterocycles. The van der Waals surface area contributed by atoms with Crippen LogP contribution in [-0.4, -0.2) is 19.7 Å². The van der Waals surface area contributed by atoms with Gasteiger partial charge in [0, 0.05) is 18.5 Å². The van der Waals surface area contributed by atoms with Gasteiger partial charge in [-0.1, -0.05) is 0 Å². The quantitative estimate of drug-likeness (QED) is 0.870. The fraction of sp³-hybridized carbons (Fsp3) is 0.125. The summed E-state index contributed by atoms with van der Waals surface area (Å²) in [5, 5.41) is 4.07. The summed E-state index contributed by atoms with van der Waals surface area (Å²) in [4.78, 5) is 8.18. The van der Waals surface area contributed by atoms with Crippen LogP contribution in [0.1, 0.15) is 5.82 Å². The summed E-state index contributed by atoms with van der Waals surface area (Å²) in [5.74, 6) is 1.18. The van der Waals surface area contributed by atoms with Gasteiger partial charge in [0.05, 0.1) is 0 Å². The van der Waals surface area contributed by atoms with Gasteiger partial charge in [0.15, 0.2) is 0 Å². The lowest BCUT2D eigenvalue weighted by Gasteiger charge is -2.00. The Bertz CT molecular complexity index is 425. The van der Waals surface area contributed by atoms with Crippen LogP contribution in [0.15, 0.2) is 29.1 Å². The van der Waals surface area contributed by atoms with Gasteiger partial charge < -0.3 is 5.73 Å². The van der Waals surface area contributed by atoms with E-state index in [1.54, 1.807) is 29.2 Å². The van der Waals surface area contributed by atoms with Crippen LogP contribution < -0.4 is 5.73 Å². The highest BCUT2D eigenvalue weighted by molar-refractivity contribution is 9.10. The maximum Gasteiger partial charge on any atom is 0.149 e. The van der Waals surface area contributed by atoms with E-state index in [0.29, 0.717) is 18.2 Å². The molecule has 0 aromatic carbocycles. The zero-order valence-electron chi connectivity index (χ0n) is 7.26. The van der Waals surface area contributed by atoms with Crippen LogP contribution in [0.25, 0.3) is 0 Å². The topological polar surface area (TPSA) is 69.6 Å². The van der Waals surface area contributed by atoms with E-state index in [0.717, 1.165) is 4.60 Å². The van der Waals surface area contributed by atoms with Gasteiger partial charge in [-0.15, -0.1) is 0 Å².